The van der Waals surface area contributed by atoms with Crippen molar-refractivity contribution in [3.63, 3.8) is 0 Å². The van der Waals surface area contributed by atoms with Crippen molar-refractivity contribution in [3.05, 3.63) is 75.6 Å². The number of nitrogens with one attached hydrogen (secondary N) is 1. The van der Waals surface area contributed by atoms with Crippen LogP contribution in [0.5, 0.6) is 0 Å². The smallest absolute Gasteiger partial charge is 0.339 e. The SMILES string of the molecule is Cc1ccc(C(=O)Nc2scc(-c3cccc(Cl)c3)c2C(=O)O)cc1. The van der Waals surface area contributed by atoms with Gasteiger partial charge in [-0.3, -0.25) is 4.79 Å². The lowest BCUT2D eigenvalue weighted by atomic mass is 10.0. The molecule has 1 aromatic heterocycles. The fourth-order valence-corrected chi connectivity index (χ4v) is 3.56. The van der Waals surface area contributed by atoms with Crippen LogP contribution in [0.4, 0.5) is 5.00 Å². The summed E-state index contributed by atoms with van der Waals surface area (Å²) < 4.78 is 0. The Morgan fingerprint density at radius 3 is 2.48 bits per heavy atom. The average molecular weight is 372 g/mol. The zero-order valence-electron chi connectivity index (χ0n) is 13.2. The van der Waals surface area contributed by atoms with Gasteiger partial charge in [-0.05, 0) is 36.8 Å². The Hall–Kier alpha value is -2.63. The number of thiophene rings is 1. The van der Waals surface area contributed by atoms with E-state index in [4.69, 9.17) is 11.6 Å². The fraction of sp³-hybridized carbons (Fsp3) is 0.0526. The van der Waals surface area contributed by atoms with Gasteiger partial charge in [-0.2, -0.15) is 0 Å². The first-order chi connectivity index (χ1) is 12.0. The fourth-order valence-electron chi connectivity index (χ4n) is 2.41. The number of carbonyl (C=O) groups is 2. The number of hydrogen-bond donors (Lipinski definition) is 2. The van der Waals surface area contributed by atoms with Crippen molar-refractivity contribution in [2.45, 2.75) is 6.92 Å². The second-order valence-corrected chi connectivity index (χ2v) is 6.81. The predicted molar refractivity (Wildman–Crippen MR) is 101 cm³/mol. The van der Waals surface area contributed by atoms with Crippen LogP contribution >= 0.6 is 22.9 Å². The lowest BCUT2D eigenvalue weighted by Crippen LogP contribution is -2.13. The van der Waals surface area contributed by atoms with Gasteiger partial charge in [0.05, 0.1) is 0 Å². The quantitative estimate of drug-likeness (QED) is 0.651. The highest BCUT2D eigenvalue weighted by molar-refractivity contribution is 7.15. The Bertz CT molecular complexity index is 948. The highest BCUT2D eigenvalue weighted by atomic mass is 35.5. The minimum atomic E-state index is -1.10. The molecule has 0 spiro atoms. The number of carboxylic acid groups (broad SMARTS) is 1. The number of aryl methyl sites for hydroxylation is 1. The molecule has 3 rings (SSSR count). The lowest BCUT2D eigenvalue weighted by molar-refractivity contribution is 0.0699. The normalized spacial score (nSPS) is 10.5. The lowest BCUT2D eigenvalue weighted by Gasteiger charge is -2.06. The van der Waals surface area contributed by atoms with E-state index in [9.17, 15) is 14.7 Å². The minimum absolute atomic E-state index is 0.0627. The first-order valence-electron chi connectivity index (χ1n) is 7.44. The summed E-state index contributed by atoms with van der Waals surface area (Å²) in [5.41, 5.74) is 2.80. The second-order valence-electron chi connectivity index (χ2n) is 5.49. The van der Waals surface area contributed by atoms with Crippen LogP contribution in [0.3, 0.4) is 0 Å². The Labute approximate surface area is 153 Å². The van der Waals surface area contributed by atoms with Crippen molar-refractivity contribution in [2.75, 3.05) is 5.32 Å². The summed E-state index contributed by atoms with van der Waals surface area (Å²) in [7, 11) is 0. The number of anilines is 1. The molecule has 0 aliphatic rings. The van der Waals surface area contributed by atoms with Gasteiger partial charge < -0.3 is 10.4 Å². The van der Waals surface area contributed by atoms with Gasteiger partial charge in [-0.25, -0.2) is 4.79 Å². The Morgan fingerprint density at radius 1 is 1.12 bits per heavy atom. The maximum atomic E-state index is 12.4. The number of amides is 1. The Balaban J connectivity index is 1.96. The highest BCUT2D eigenvalue weighted by Gasteiger charge is 2.21. The molecule has 6 heteroatoms. The molecule has 0 unspecified atom stereocenters. The van der Waals surface area contributed by atoms with Crippen molar-refractivity contribution in [2.24, 2.45) is 0 Å². The molecule has 0 aliphatic heterocycles. The van der Waals surface area contributed by atoms with Crippen LogP contribution in [-0.2, 0) is 0 Å². The van der Waals surface area contributed by atoms with Crippen LogP contribution in [0.1, 0.15) is 26.3 Å². The van der Waals surface area contributed by atoms with Crippen molar-refractivity contribution < 1.29 is 14.7 Å². The predicted octanol–water partition coefficient (Wildman–Crippen LogP) is 5.33. The third-order valence-corrected chi connectivity index (χ3v) is 4.81. The largest absolute Gasteiger partial charge is 0.478 e. The molecule has 0 saturated heterocycles. The third kappa shape index (κ3) is 3.73. The minimum Gasteiger partial charge on any atom is -0.478 e. The van der Waals surface area contributed by atoms with E-state index in [-0.39, 0.29) is 11.5 Å². The average Bonchev–Trinajstić information content (AvgIpc) is 2.99. The Kier molecular flexibility index (Phi) is 4.88. The Morgan fingerprint density at radius 2 is 1.84 bits per heavy atom. The van der Waals surface area contributed by atoms with Gasteiger partial charge in [0.15, 0.2) is 0 Å². The van der Waals surface area contributed by atoms with Crippen LogP contribution in [-0.4, -0.2) is 17.0 Å². The molecule has 3 aromatic rings. The van der Waals surface area contributed by atoms with Crippen LogP contribution in [0.2, 0.25) is 5.02 Å². The van der Waals surface area contributed by atoms with E-state index in [0.717, 1.165) is 5.56 Å². The molecule has 1 amide bonds. The van der Waals surface area contributed by atoms with Gasteiger partial charge >= 0.3 is 5.97 Å². The van der Waals surface area contributed by atoms with Crippen LogP contribution in [0.15, 0.2) is 53.9 Å². The van der Waals surface area contributed by atoms with E-state index < -0.39 is 5.97 Å². The summed E-state index contributed by atoms with van der Waals surface area (Å²) >= 11 is 7.17. The summed E-state index contributed by atoms with van der Waals surface area (Å²) in [5.74, 6) is -1.45. The zero-order chi connectivity index (χ0) is 18.0. The molecule has 2 N–H and O–H groups in total. The molecular weight excluding hydrogens is 358 g/mol. The number of hydrogen-bond acceptors (Lipinski definition) is 3. The molecule has 0 saturated carbocycles. The van der Waals surface area contributed by atoms with Crippen LogP contribution < -0.4 is 5.32 Å². The summed E-state index contributed by atoms with van der Waals surface area (Å²) in [6.45, 7) is 1.93. The summed E-state index contributed by atoms with van der Waals surface area (Å²) in [4.78, 5) is 24.1. The molecule has 4 nitrogen and oxygen atoms in total. The van der Waals surface area contributed by atoms with Gasteiger partial charge in [-0.15, -0.1) is 11.3 Å². The molecule has 0 radical (unpaired) electrons. The number of halogens is 1. The van der Waals surface area contributed by atoms with E-state index >= 15 is 0 Å². The van der Waals surface area contributed by atoms with Crippen molar-refractivity contribution in [1.82, 2.24) is 0 Å². The van der Waals surface area contributed by atoms with E-state index in [1.807, 2.05) is 19.1 Å². The van der Waals surface area contributed by atoms with Crippen molar-refractivity contribution >= 4 is 39.8 Å². The zero-order valence-corrected chi connectivity index (χ0v) is 14.8. The molecule has 126 valence electrons. The molecule has 25 heavy (non-hydrogen) atoms. The highest BCUT2D eigenvalue weighted by Crippen LogP contribution is 2.36. The van der Waals surface area contributed by atoms with E-state index in [0.29, 0.717) is 26.7 Å². The van der Waals surface area contributed by atoms with E-state index in [1.54, 1.807) is 41.8 Å². The summed E-state index contributed by atoms with van der Waals surface area (Å²) in [6, 6.07) is 14.0. The van der Waals surface area contributed by atoms with E-state index in [2.05, 4.69) is 5.32 Å². The van der Waals surface area contributed by atoms with Crippen molar-refractivity contribution in [1.29, 1.82) is 0 Å². The number of aromatic carboxylic acids is 1. The number of carboxylic acids is 1. The van der Waals surface area contributed by atoms with Crippen LogP contribution in [0.25, 0.3) is 11.1 Å². The maximum Gasteiger partial charge on any atom is 0.339 e. The topological polar surface area (TPSA) is 66.4 Å². The maximum absolute atomic E-state index is 12.4. The van der Waals surface area contributed by atoms with Gasteiger partial charge in [0.25, 0.3) is 5.91 Å². The monoisotopic (exact) mass is 371 g/mol. The summed E-state index contributed by atoms with van der Waals surface area (Å²) in [6.07, 6.45) is 0. The third-order valence-electron chi connectivity index (χ3n) is 3.68. The van der Waals surface area contributed by atoms with E-state index in [1.165, 1.54) is 11.3 Å². The van der Waals surface area contributed by atoms with Crippen molar-refractivity contribution in [3.8, 4) is 11.1 Å². The molecule has 2 aromatic carbocycles. The number of rotatable bonds is 4. The van der Waals surface area contributed by atoms with Gasteiger partial charge in [0, 0.05) is 21.5 Å². The molecule has 1 heterocycles. The first-order valence-corrected chi connectivity index (χ1v) is 8.70. The van der Waals surface area contributed by atoms with Crippen LogP contribution in [0, 0.1) is 6.92 Å². The molecule has 0 atom stereocenters. The molecular formula is C19H14ClNO3S. The van der Waals surface area contributed by atoms with Gasteiger partial charge in [-0.1, -0.05) is 41.4 Å². The first kappa shape index (κ1) is 17.2. The molecule has 0 aliphatic carbocycles. The molecule has 0 bridgehead atoms. The number of carbonyl (C=O) groups excluding carboxylic acids is 1. The molecule has 0 fully saturated rings. The number of benzene rings is 2. The second kappa shape index (κ2) is 7.09. The van der Waals surface area contributed by atoms with Gasteiger partial charge in [0.2, 0.25) is 0 Å². The van der Waals surface area contributed by atoms with Gasteiger partial charge in [0.1, 0.15) is 10.6 Å². The standard InChI is InChI=1S/C19H14ClNO3S/c1-11-5-7-12(8-6-11)17(22)21-18-16(19(23)24)15(10-25-18)13-3-2-4-14(20)9-13/h2-10H,1H3,(H,21,22)(H,23,24). The summed E-state index contributed by atoms with van der Waals surface area (Å²) in [5, 5.41) is 14.8.